The van der Waals surface area contributed by atoms with Crippen molar-refractivity contribution in [3.05, 3.63) is 53.6 Å². The fourth-order valence-corrected chi connectivity index (χ4v) is 5.59. The second-order valence-corrected chi connectivity index (χ2v) is 11.6. The van der Waals surface area contributed by atoms with E-state index in [4.69, 9.17) is 29.9 Å². The van der Waals surface area contributed by atoms with Crippen LogP contribution in [0.25, 0.3) is 11.4 Å². The molecule has 0 unspecified atom stereocenters. The topological polar surface area (TPSA) is 188 Å². The zero-order chi connectivity index (χ0) is 29.4. The van der Waals surface area contributed by atoms with Crippen LogP contribution in [0.1, 0.15) is 55.7 Å². The molecule has 244 valence electrons. The van der Waals surface area contributed by atoms with E-state index < -0.39 is 0 Å². The first-order valence-corrected chi connectivity index (χ1v) is 14.7. The molecule has 0 bridgehead atoms. The van der Waals surface area contributed by atoms with Gasteiger partial charge in [0.25, 0.3) is 5.91 Å². The van der Waals surface area contributed by atoms with Gasteiger partial charge in [-0.25, -0.2) is 15.0 Å². The lowest BCUT2D eigenvalue weighted by molar-refractivity contribution is 0.0399. The van der Waals surface area contributed by atoms with Crippen LogP contribution in [0.5, 0.6) is 5.88 Å². The van der Waals surface area contributed by atoms with Gasteiger partial charge in [-0.1, -0.05) is 13.0 Å². The number of nitrogens with two attached hydrogens (primary N) is 1. The van der Waals surface area contributed by atoms with Crippen LogP contribution >= 0.6 is 11.9 Å². The summed E-state index contributed by atoms with van der Waals surface area (Å²) in [5, 5.41) is 0.607. The zero-order valence-electron chi connectivity index (χ0n) is 25.5. The van der Waals surface area contributed by atoms with Crippen LogP contribution in [0.4, 0.5) is 11.6 Å². The first-order valence-electron chi connectivity index (χ1n) is 13.9. The third kappa shape index (κ3) is 9.76. The lowest BCUT2D eigenvalue weighted by atomic mass is 9.97. The minimum Gasteiger partial charge on any atom is -0.475 e. The molecule has 1 saturated heterocycles. The highest BCUT2D eigenvalue weighted by atomic mass is 32.2. The molecule has 1 aliphatic heterocycles. The molecule has 1 fully saturated rings. The monoisotopic (exact) mass is 624 g/mol. The highest BCUT2D eigenvalue weighted by molar-refractivity contribution is 7.97. The molecule has 1 aliphatic rings. The molecule has 0 radical (unpaired) electrons. The Hall–Kier alpha value is -3.49. The van der Waals surface area contributed by atoms with Crippen LogP contribution in [-0.4, -0.2) is 76.9 Å². The zero-order valence-corrected chi connectivity index (χ0v) is 26.3. The summed E-state index contributed by atoms with van der Waals surface area (Å²) in [5.41, 5.74) is 8.45. The number of aromatic nitrogens is 3. The molecule has 4 rings (SSSR count). The van der Waals surface area contributed by atoms with Gasteiger partial charge in [-0.05, 0) is 75.9 Å². The maximum atomic E-state index is 13.4. The molecule has 1 amide bonds. The standard InChI is InChI=1S/C30H40N6O4S.2H2O.4H2/c1-6-38-12-13-39-14-15-40-26-17-20(2)16-24(32-26)23-11-10-22(28(33-23)36-19-21(3)18-30(36,4)5)29(37)35-41-27-9-7-8-25(31)34-27;;;;;;/h7-11,16-17,21H,6,12-15,18-19H2,1-5H3,(H2,31,34)(H,35,37);2*1H2;4*1H/t21-;;;;;;/m0....../s1. The Morgan fingerprint density at radius 2 is 1.81 bits per heavy atom. The van der Waals surface area contributed by atoms with Crippen molar-refractivity contribution in [2.75, 3.05) is 50.2 Å². The Morgan fingerprint density at radius 1 is 1.07 bits per heavy atom. The number of rotatable bonds is 13. The molecule has 4 heterocycles. The van der Waals surface area contributed by atoms with Crippen LogP contribution in [-0.2, 0) is 9.47 Å². The molecule has 1 atom stereocenters. The number of carbonyl (C=O) groups excluding carboxylic acids is 1. The van der Waals surface area contributed by atoms with Crippen molar-refractivity contribution in [3.8, 4) is 17.3 Å². The second-order valence-electron chi connectivity index (χ2n) is 10.8. The van der Waals surface area contributed by atoms with E-state index in [0.717, 1.165) is 30.5 Å². The molecule has 0 saturated carbocycles. The summed E-state index contributed by atoms with van der Waals surface area (Å²) in [5.74, 6) is 1.73. The number of carbonyl (C=O) groups is 1. The molecule has 7 N–H and O–H groups in total. The van der Waals surface area contributed by atoms with Gasteiger partial charge in [0, 0.05) is 42.4 Å². The molecule has 3 aromatic heterocycles. The Labute approximate surface area is 263 Å². The van der Waals surface area contributed by atoms with Gasteiger partial charge in [0.15, 0.2) is 0 Å². The number of nitrogens with zero attached hydrogens (tertiary/aromatic N) is 4. The Balaban J connectivity index is -0.00000323. The van der Waals surface area contributed by atoms with E-state index in [2.05, 4.69) is 35.4 Å². The largest absolute Gasteiger partial charge is 0.475 e. The van der Waals surface area contributed by atoms with E-state index >= 15 is 0 Å². The number of nitrogen functional groups attached to an aromatic ring is 1. The van der Waals surface area contributed by atoms with Crippen LogP contribution < -0.4 is 20.1 Å². The van der Waals surface area contributed by atoms with E-state index in [1.54, 1.807) is 18.2 Å². The smallest absolute Gasteiger partial charge is 0.265 e. The van der Waals surface area contributed by atoms with Crippen molar-refractivity contribution in [2.24, 2.45) is 5.92 Å². The average molecular weight is 625 g/mol. The minimum absolute atomic E-state index is 0. The van der Waals surface area contributed by atoms with E-state index in [1.165, 1.54) is 0 Å². The van der Waals surface area contributed by atoms with Gasteiger partial charge in [0.05, 0.1) is 36.8 Å². The number of hydrogen-bond donors (Lipinski definition) is 2. The van der Waals surface area contributed by atoms with E-state index in [1.807, 2.05) is 38.1 Å². The number of nitrogens with one attached hydrogen (secondary N) is 1. The Kier molecular flexibility index (Phi) is 13.6. The minimum atomic E-state index is -0.255. The first kappa shape index (κ1) is 35.7. The summed E-state index contributed by atoms with van der Waals surface area (Å²) < 4.78 is 19.6. The number of anilines is 2. The third-order valence-electron chi connectivity index (χ3n) is 6.70. The molecular formula is C30H52N6O6S. The van der Waals surface area contributed by atoms with Crippen molar-refractivity contribution in [1.82, 2.24) is 19.7 Å². The van der Waals surface area contributed by atoms with Crippen LogP contribution in [0.15, 0.2) is 47.5 Å². The first-order chi connectivity index (χ1) is 19.7. The summed E-state index contributed by atoms with van der Waals surface area (Å²) in [6.07, 6.45) is 0.995. The summed E-state index contributed by atoms with van der Waals surface area (Å²) in [6.45, 7) is 13.9. The predicted octanol–water partition coefficient (Wildman–Crippen LogP) is 4.26. The average Bonchev–Trinajstić information content (AvgIpc) is 3.22. The molecule has 12 nitrogen and oxygen atoms in total. The maximum Gasteiger partial charge on any atom is 0.265 e. The molecule has 0 spiro atoms. The predicted molar refractivity (Wildman–Crippen MR) is 178 cm³/mol. The van der Waals surface area contributed by atoms with Crippen molar-refractivity contribution in [3.63, 3.8) is 0 Å². The molecule has 0 aliphatic carbocycles. The highest BCUT2D eigenvalue weighted by Gasteiger charge is 2.39. The molecular weight excluding hydrogens is 572 g/mol. The number of ether oxygens (including phenoxy) is 3. The SMILES string of the molecule is CCOCCOCCOc1cc(C)cc(-c2ccc(C(=O)NSc3cccc(N)n3)c(N3C[C@@H](C)CC3(C)C)n2)n1.O.O.[HH].[HH].[HH].[HH]. The Morgan fingerprint density at radius 3 is 2.51 bits per heavy atom. The third-order valence-corrected chi connectivity index (χ3v) is 7.43. The van der Waals surface area contributed by atoms with Gasteiger partial charge < -0.3 is 35.8 Å². The van der Waals surface area contributed by atoms with Gasteiger partial charge in [-0.2, -0.15) is 0 Å². The lowest BCUT2D eigenvalue weighted by Crippen LogP contribution is -2.40. The summed E-state index contributed by atoms with van der Waals surface area (Å²) >= 11 is 1.13. The number of aryl methyl sites for hydroxylation is 1. The normalized spacial score (nSPS) is 15.4. The maximum absolute atomic E-state index is 13.4. The molecule has 0 aromatic carbocycles. The van der Waals surface area contributed by atoms with Crippen molar-refractivity contribution >= 4 is 29.5 Å². The number of hydrogen-bond acceptors (Lipinski definition) is 10. The van der Waals surface area contributed by atoms with Crippen molar-refractivity contribution < 1.29 is 35.7 Å². The number of pyridine rings is 3. The van der Waals surface area contributed by atoms with Gasteiger partial charge in [0.2, 0.25) is 5.88 Å². The fourth-order valence-electron chi connectivity index (χ4n) is 4.98. The number of amides is 1. The van der Waals surface area contributed by atoms with E-state index in [9.17, 15) is 4.79 Å². The van der Waals surface area contributed by atoms with Crippen LogP contribution in [0.3, 0.4) is 0 Å². The van der Waals surface area contributed by atoms with Crippen LogP contribution in [0, 0.1) is 12.8 Å². The Bertz CT molecular complexity index is 1360. The van der Waals surface area contributed by atoms with Crippen molar-refractivity contribution in [2.45, 2.75) is 51.6 Å². The van der Waals surface area contributed by atoms with Gasteiger partial charge >= 0.3 is 0 Å². The van der Waals surface area contributed by atoms with Gasteiger partial charge in [-0.3, -0.25) is 9.52 Å². The van der Waals surface area contributed by atoms with Gasteiger partial charge in [0.1, 0.15) is 23.3 Å². The van der Waals surface area contributed by atoms with E-state index in [-0.39, 0.29) is 28.1 Å². The van der Waals surface area contributed by atoms with Crippen molar-refractivity contribution in [1.29, 1.82) is 0 Å². The summed E-state index contributed by atoms with van der Waals surface area (Å²) in [4.78, 5) is 29.7. The molecule has 3 aromatic rings. The quantitative estimate of drug-likeness (QED) is 0.205. The lowest BCUT2D eigenvalue weighted by Gasteiger charge is -2.34. The second kappa shape index (κ2) is 16.4. The van der Waals surface area contributed by atoms with Gasteiger partial charge in [-0.15, -0.1) is 0 Å². The fraction of sp³-hybridized carbons (Fsp3) is 0.467. The molecule has 13 heteroatoms. The molecule has 43 heavy (non-hydrogen) atoms. The highest BCUT2D eigenvalue weighted by Crippen LogP contribution is 2.38. The summed E-state index contributed by atoms with van der Waals surface area (Å²) in [6, 6.07) is 12.8. The van der Waals surface area contributed by atoms with E-state index in [0.29, 0.717) is 78.4 Å². The van der Waals surface area contributed by atoms with Crippen LogP contribution in [0.2, 0.25) is 0 Å². The summed E-state index contributed by atoms with van der Waals surface area (Å²) in [7, 11) is 0.